The van der Waals surface area contributed by atoms with Gasteiger partial charge in [0, 0.05) is 22.8 Å². The largest absolute Gasteiger partial charge is 0.362 e. The Labute approximate surface area is 181 Å². The molecule has 0 saturated carbocycles. The molecule has 0 unspecified atom stereocenters. The van der Waals surface area contributed by atoms with Crippen LogP contribution in [-0.2, 0) is 4.79 Å². The monoisotopic (exact) mass is 428 g/mol. The summed E-state index contributed by atoms with van der Waals surface area (Å²) in [7, 11) is 0. The van der Waals surface area contributed by atoms with Crippen LogP contribution in [0.3, 0.4) is 0 Å². The van der Waals surface area contributed by atoms with Crippen molar-refractivity contribution in [2.45, 2.75) is 0 Å². The minimum Gasteiger partial charge on any atom is -0.362 e. The Hall–Kier alpha value is -3.42. The van der Waals surface area contributed by atoms with E-state index in [0.29, 0.717) is 15.2 Å². The van der Waals surface area contributed by atoms with Gasteiger partial charge in [-0.2, -0.15) is 4.99 Å². The van der Waals surface area contributed by atoms with Crippen LogP contribution in [0.15, 0.2) is 94.3 Å². The molecule has 1 fully saturated rings. The molecule has 0 aliphatic carbocycles. The lowest BCUT2D eigenvalue weighted by Crippen LogP contribution is -2.28. The molecule has 4 aromatic rings. The van der Waals surface area contributed by atoms with Crippen molar-refractivity contribution in [3.05, 3.63) is 95.0 Å². The third-order valence-electron chi connectivity index (χ3n) is 4.48. The predicted molar refractivity (Wildman–Crippen MR) is 125 cm³/mol. The SMILES string of the molecule is O=C1/C(=C\c2ccc[nH]2)S/C(=N/c2nc(-c3ccccc3)cs2)N1c1ccccc1. The lowest BCUT2D eigenvalue weighted by atomic mass is 10.2. The maximum atomic E-state index is 13.2. The summed E-state index contributed by atoms with van der Waals surface area (Å²) in [5.74, 6) is -0.0978. The lowest BCUT2D eigenvalue weighted by Gasteiger charge is -2.14. The fourth-order valence-corrected chi connectivity index (χ4v) is 4.79. The predicted octanol–water partition coefficient (Wildman–Crippen LogP) is 5.95. The molecule has 2 aromatic heterocycles. The number of rotatable bonds is 4. The Morgan fingerprint density at radius 3 is 2.47 bits per heavy atom. The second kappa shape index (κ2) is 8.14. The Balaban J connectivity index is 1.53. The Morgan fingerprint density at radius 1 is 0.967 bits per heavy atom. The average Bonchev–Trinajstić information content (AvgIpc) is 3.52. The van der Waals surface area contributed by atoms with Crippen molar-refractivity contribution in [3.8, 4) is 11.3 Å². The van der Waals surface area contributed by atoms with Gasteiger partial charge in [-0.1, -0.05) is 48.5 Å². The molecular formula is C23H16N4OS2. The highest BCUT2D eigenvalue weighted by atomic mass is 32.2. The molecule has 7 heteroatoms. The fourth-order valence-electron chi connectivity index (χ4n) is 3.07. The molecular weight excluding hydrogens is 412 g/mol. The van der Waals surface area contributed by atoms with Gasteiger partial charge in [0.05, 0.1) is 16.3 Å². The number of hydrogen-bond donors (Lipinski definition) is 1. The van der Waals surface area contributed by atoms with Crippen LogP contribution in [-0.4, -0.2) is 21.0 Å². The lowest BCUT2D eigenvalue weighted by molar-refractivity contribution is -0.113. The smallest absolute Gasteiger partial charge is 0.271 e. The standard InChI is InChI=1S/C23H16N4OS2/c28-21-20(14-17-10-7-13-24-17)30-23(27(21)18-11-5-2-6-12-18)26-22-25-19(15-29-22)16-8-3-1-4-9-16/h1-15,24H/b20-14+,26-23+. The molecule has 0 bridgehead atoms. The van der Waals surface area contributed by atoms with Crippen LogP contribution >= 0.6 is 23.1 Å². The fraction of sp³-hybridized carbons (Fsp3) is 0. The molecule has 1 aliphatic heterocycles. The number of amides is 1. The normalized spacial score (nSPS) is 16.7. The molecule has 3 heterocycles. The van der Waals surface area contributed by atoms with Crippen LogP contribution in [0.25, 0.3) is 17.3 Å². The summed E-state index contributed by atoms with van der Waals surface area (Å²) >= 11 is 2.81. The van der Waals surface area contributed by atoms with Gasteiger partial charge in [-0.25, -0.2) is 4.98 Å². The number of hydrogen-bond acceptors (Lipinski definition) is 5. The first-order valence-corrected chi connectivity index (χ1v) is 11.0. The molecule has 1 saturated heterocycles. The molecule has 146 valence electrons. The number of thioether (sulfide) groups is 1. The molecule has 5 rings (SSSR count). The molecule has 0 spiro atoms. The van der Waals surface area contributed by atoms with Gasteiger partial charge in [0.15, 0.2) is 5.17 Å². The van der Waals surface area contributed by atoms with Gasteiger partial charge < -0.3 is 4.98 Å². The van der Waals surface area contributed by atoms with Gasteiger partial charge in [-0.3, -0.25) is 9.69 Å². The topological polar surface area (TPSA) is 61.4 Å². The third-order valence-corrected chi connectivity index (χ3v) is 6.19. The van der Waals surface area contributed by atoms with E-state index >= 15 is 0 Å². The van der Waals surface area contributed by atoms with Crippen LogP contribution in [0.4, 0.5) is 10.8 Å². The number of anilines is 1. The summed E-state index contributed by atoms with van der Waals surface area (Å²) in [6, 6.07) is 23.4. The molecule has 1 amide bonds. The molecule has 2 aromatic carbocycles. The maximum Gasteiger partial charge on any atom is 0.271 e. The highest BCUT2D eigenvalue weighted by molar-refractivity contribution is 8.19. The first-order valence-electron chi connectivity index (χ1n) is 9.30. The zero-order valence-electron chi connectivity index (χ0n) is 15.7. The van der Waals surface area contributed by atoms with E-state index in [1.54, 1.807) is 4.90 Å². The first kappa shape index (κ1) is 18.6. The van der Waals surface area contributed by atoms with E-state index < -0.39 is 0 Å². The number of aromatic amines is 1. The van der Waals surface area contributed by atoms with Gasteiger partial charge in [0.2, 0.25) is 5.13 Å². The van der Waals surface area contributed by atoms with Crippen molar-refractivity contribution in [1.82, 2.24) is 9.97 Å². The summed E-state index contributed by atoms with van der Waals surface area (Å²) in [6.07, 6.45) is 3.68. The van der Waals surface area contributed by atoms with E-state index in [0.717, 1.165) is 22.6 Å². The van der Waals surface area contributed by atoms with Crippen molar-refractivity contribution >= 4 is 51.1 Å². The van der Waals surface area contributed by atoms with Gasteiger partial charge in [-0.05, 0) is 42.1 Å². The number of nitrogens with zero attached hydrogens (tertiary/aromatic N) is 3. The van der Waals surface area contributed by atoms with E-state index in [1.165, 1.54) is 23.1 Å². The number of H-pyrrole nitrogens is 1. The third kappa shape index (κ3) is 3.72. The van der Waals surface area contributed by atoms with Crippen molar-refractivity contribution < 1.29 is 4.79 Å². The van der Waals surface area contributed by atoms with E-state index in [1.807, 2.05) is 90.4 Å². The second-order valence-corrected chi connectivity index (χ2v) is 8.33. The Morgan fingerprint density at radius 2 is 1.73 bits per heavy atom. The summed E-state index contributed by atoms with van der Waals surface area (Å²) < 4.78 is 0. The average molecular weight is 429 g/mol. The van der Waals surface area contributed by atoms with Crippen LogP contribution < -0.4 is 4.90 Å². The number of para-hydroxylation sites is 1. The zero-order valence-corrected chi connectivity index (χ0v) is 17.4. The van der Waals surface area contributed by atoms with Crippen molar-refractivity contribution in [2.24, 2.45) is 4.99 Å². The highest BCUT2D eigenvalue weighted by Gasteiger charge is 2.35. The molecule has 30 heavy (non-hydrogen) atoms. The van der Waals surface area contributed by atoms with Crippen LogP contribution in [0, 0.1) is 0 Å². The minimum absolute atomic E-state index is 0.0978. The molecule has 0 atom stereocenters. The first-order chi connectivity index (χ1) is 14.8. The van der Waals surface area contributed by atoms with E-state index in [4.69, 9.17) is 4.99 Å². The van der Waals surface area contributed by atoms with Crippen molar-refractivity contribution in [2.75, 3.05) is 4.90 Å². The van der Waals surface area contributed by atoms with Gasteiger partial charge in [0.25, 0.3) is 5.91 Å². The number of aromatic nitrogens is 2. The zero-order chi connectivity index (χ0) is 20.3. The molecule has 5 nitrogen and oxygen atoms in total. The van der Waals surface area contributed by atoms with Crippen LogP contribution in [0.1, 0.15) is 5.69 Å². The summed E-state index contributed by atoms with van der Waals surface area (Å²) in [6.45, 7) is 0. The Kier molecular flexibility index (Phi) is 5.04. The summed E-state index contributed by atoms with van der Waals surface area (Å²) in [4.78, 5) is 27.9. The molecule has 1 aliphatic rings. The van der Waals surface area contributed by atoms with Crippen LogP contribution in [0.5, 0.6) is 0 Å². The number of amidine groups is 1. The van der Waals surface area contributed by atoms with Crippen molar-refractivity contribution in [3.63, 3.8) is 0 Å². The number of benzene rings is 2. The summed E-state index contributed by atoms with van der Waals surface area (Å²) in [5.41, 5.74) is 3.58. The van der Waals surface area contributed by atoms with Gasteiger partial charge in [-0.15, -0.1) is 11.3 Å². The molecule has 0 radical (unpaired) electrons. The quantitative estimate of drug-likeness (QED) is 0.409. The maximum absolute atomic E-state index is 13.2. The number of carbonyl (C=O) groups is 1. The van der Waals surface area contributed by atoms with Gasteiger partial charge >= 0.3 is 0 Å². The highest BCUT2D eigenvalue weighted by Crippen LogP contribution is 2.38. The van der Waals surface area contributed by atoms with Crippen LogP contribution in [0.2, 0.25) is 0 Å². The van der Waals surface area contributed by atoms with Crippen molar-refractivity contribution in [1.29, 1.82) is 0 Å². The van der Waals surface area contributed by atoms with E-state index in [2.05, 4.69) is 9.97 Å². The number of aliphatic imine (C=N–C) groups is 1. The Bertz CT molecular complexity index is 1230. The van der Waals surface area contributed by atoms with E-state index in [9.17, 15) is 4.79 Å². The number of nitrogens with one attached hydrogen (secondary N) is 1. The number of carbonyl (C=O) groups excluding carboxylic acids is 1. The number of thiazole rings is 1. The van der Waals surface area contributed by atoms with E-state index in [-0.39, 0.29) is 5.91 Å². The summed E-state index contributed by atoms with van der Waals surface area (Å²) in [5, 5.41) is 3.20. The minimum atomic E-state index is -0.0978. The van der Waals surface area contributed by atoms with Gasteiger partial charge in [0.1, 0.15) is 0 Å². The second-order valence-electron chi connectivity index (χ2n) is 6.49. The molecule has 1 N–H and O–H groups in total.